The molecule has 1 aliphatic rings. The highest BCUT2D eigenvalue weighted by atomic mass is 16.5. The standard InChI is InChI=1S/C11H23NO5/c13-6-9(14)4-12-5-10(15)7-16-8-11-2-1-3-17-11/h9-15H,1-8H2. The SMILES string of the molecule is OCC(O)CNCC(O)COCC1CCCO1. The van der Waals surface area contributed by atoms with Gasteiger partial charge in [-0.1, -0.05) is 0 Å². The minimum Gasteiger partial charge on any atom is -0.394 e. The van der Waals surface area contributed by atoms with E-state index in [9.17, 15) is 5.11 Å². The van der Waals surface area contributed by atoms with Crippen LogP contribution in [0, 0.1) is 0 Å². The average molecular weight is 249 g/mol. The Morgan fingerprint density at radius 2 is 2.06 bits per heavy atom. The normalized spacial score (nSPS) is 23.8. The summed E-state index contributed by atoms with van der Waals surface area (Å²) in [5, 5.41) is 30.0. The number of hydrogen-bond acceptors (Lipinski definition) is 6. The van der Waals surface area contributed by atoms with Gasteiger partial charge in [0.2, 0.25) is 0 Å². The van der Waals surface area contributed by atoms with Crippen molar-refractivity contribution in [2.75, 3.05) is 39.5 Å². The molecule has 0 radical (unpaired) electrons. The highest BCUT2D eigenvalue weighted by molar-refractivity contribution is 4.65. The maximum Gasteiger partial charge on any atom is 0.0897 e. The predicted octanol–water partition coefficient (Wildman–Crippen LogP) is -1.51. The van der Waals surface area contributed by atoms with Gasteiger partial charge in [0.1, 0.15) is 0 Å². The Kier molecular flexibility index (Phi) is 7.67. The topological polar surface area (TPSA) is 91.2 Å². The largest absolute Gasteiger partial charge is 0.394 e. The van der Waals surface area contributed by atoms with Crippen LogP contribution < -0.4 is 5.32 Å². The lowest BCUT2D eigenvalue weighted by molar-refractivity contribution is -0.0171. The maximum absolute atomic E-state index is 9.54. The number of rotatable bonds is 9. The molecule has 3 unspecified atom stereocenters. The molecule has 0 amide bonds. The van der Waals surface area contributed by atoms with Gasteiger partial charge in [0.15, 0.2) is 0 Å². The number of aliphatic hydroxyl groups excluding tert-OH is 3. The van der Waals surface area contributed by atoms with Crippen molar-refractivity contribution in [1.82, 2.24) is 5.32 Å². The van der Waals surface area contributed by atoms with Crippen molar-refractivity contribution in [3.8, 4) is 0 Å². The van der Waals surface area contributed by atoms with E-state index in [4.69, 9.17) is 19.7 Å². The summed E-state index contributed by atoms with van der Waals surface area (Å²) in [5.74, 6) is 0. The number of ether oxygens (including phenoxy) is 2. The highest BCUT2D eigenvalue weighted by Gasteiger charge is 2.16. The van der Waals surface area contributed by atoms with E-state index in [1.165, 1.54) is 0 Å². The third kappa shape index (κ3) is 6.92. The fraction of sp³-hybridized carbons (Fsp3) is 1.00. The lowest BCUT2D eigenvalue weighted by Crippen LogP contribution is -2.36. The summed E-state index contributed by atoms with van der Waals surface area (Å²) in [5.41, 5.74) is 0. The minimum absolute atomic E-state index is 0.173. The first-order valence-electron chi connectivity index (χ1n) is 6.09. The van der Waals surface area contributed by atoms with E-state index in [1.54, 1.807) is 0 Å². The fourth-order valence-corrected chi connectivity index (χ4v) is 1.65. The van der Waals surface area contributed by atoms with Crippen LogP contribution in [0.4, 0.5) is 0 Å². The Morgan fingerprint density at radius 3 is 2.71 bits per heavy atom. The molecule has 0 aromatic heterocycles. The zero-order valence-electron chi connectivity index (χ0n) is 10.0. The molecule has 3 atom stereocenters. The Balaban J connectivity index is 1.91. The molecule has 0 aromatic carbocycles. The van der Waals surface area contributed by atoms with Gasteiger partial charge in [0.05, 0.1) is 38.1 Å². The molecule has 1 aliphatic heterocycles. The molecule has 0 aromatic rings. The quantitative estimate of drug-likeness (QED) is 0.397. The first kappa shape index (κ1) is 14.8. The van der Waals surface area contributed by atoms with Crippen LogP contribution in [0.25, 0.3) is 0 Å². The van der Waals surface area contributed by atoms with Gasteiger partial charge in [-0.15, -0.1) is 0 Å². The van der Waals surface area contributed by atoms with E-state index < -0.39 is 12.2 Å². The fourth-order valence-electron chi connectivity index (χ4n) is 1.65. The van der Waals surface area contributed by atoms with Crippen LogP contribution in [0.5, 0.6) is 0 Å². The van der Waals surface area contributed by atoms with Crippen molar-refractivity contribution < 1.29 is 24.8 Å². The van der Waals surface area contributed by atoms with E-state index >= 15 is 0 Å². The summed E-state index contributed by atoms with van der Waals surface area (Å²) in [7, 11) is 0. The van der Waals surface area contributed by atoms with Gasteiger partial charge in [-0.2, -0.15) is 0 Å². The van der Waals surface area contributed by atoms with E-state index in [0.717, 1.165) is 19.4 Å². The lowest BCUT2D eigenvalue weighted by Gasteiger charge is -2.15. The molecule has 0 bridgehead atoms. The van der Waals surface area contributed by atoms with E-state index in [0.29, 0.717) is 13.2 Å². The summed E-state index contributed by atoms with van der Waals surface area (Å²) < 4.78 is 10.7. The predicted molar refractivity (Wildman–Crippen MR) is 61.8 cm³/mol. The summed E-state index contributed by atoms with van der Waals surface area (Å²) in [6, 6.07) is 0. The zero-order valence-corrected chi connectivity index (χ0v) is 10.0. The molecule has 0 aliphatic carbocycles. The van der Waals surface area contributed by atoms with Gasteiger partial charge in [-0.05, 0) is 12.8 Å². The van der Waals surface area contributed by atoms with Crippen LogP contribution in [0.3, 0.4) is 0 Å². The van der Waals surface area contributed by atoms with Gasteiger partial charge < -0.3 is 30.1 Å². The molecule has 1 rings (SSSR count). The summed E-state index contributed by atoms with van der Waals surface area (Å²) in [6.45, 7) is 1.90. The van der Waals surface area contributed by atoms with Crippen molar-refractivity contribution in [2.45, 2.75) is 31.2 Å². The van der Waals surface area contributed by atoms with E-state index in [1.807, 2.05) is 0 Å². The summed E-state index contributed by atoms with van der Waals surface area (Å²) in [6.07, 6.45) is 0.887. The maximum atomic E-state index is 9.54. The molecule has 4 N–H and O–H groups in total. The van der Waals surface area contributed by atoms with E-state index in [2.05, 4.69) is 5.32 Å². The molecular formula is C11H23NO5. The van der Waals surface area contributed by atoms with Gasteiger partial charge in [-0.25, -0.2) is 0 Å². The Bertz CT molecular complexity index is 187. The van der Waals surface area contributed by atoms with Gasteiger partial charge in [0, 0.05) is 19.7 Å². The smallest absolute Gasteiger partial charge is 0.0897 e. The Labute approximate surface area is 102 Å². The molecule has 1 heterocycles. The van der Waals surface area contributed by atoms with Gasteiger partial charge >= 0.3 is 0 Å². The molecular weight excluding hydrogens is 226 g/mol. The summed E-state index contributed by atoms with van der Waals surface area (Å²) in [4.78, 5) is 0. The van der Waals surface area contributed by atoms with Gasteiger partial charge in [-0.3, -0.25) is 0 Å². The molecule has 102 valence electrons. The third-order valence-corrected chi connectivity index (χ3v) is 2.61. The zero-order chi connectivity index (χ0) is 12.5. The molecule has 1 fully saturated rings. The van der Waals surface area contributed by atoms with E-state index in [-0.39, 0.29) is 25.9 Å². The van der Waals surface area contributed by atoms with Crippen molar-refractivity contribution in [1.29, 1.82) is 0 Å². The minimum atomic E-state index is -0.782. The monoisotopic (exact) mass is 249 g/mol. The van der Waals surface area contributed by atoms with Crippen LogP contribution >= 0.6 is 0 Å². The van der Waals surface area contributed by atoms with Crippen LogP contribution in [0.1, 0.15) is 12.8 Å². The van der Waals surface area contributed by atoms with Crippen molar-refractivity contribution in [3.05, 3.63) is 0 Å². The second-order valence-electron chi connectivity index (χ2n) is 4.32. The van der Waals surface area contributed by atoms with Crippen LogP contribution in [0.15, 0.2) is 0 Å². The van der Waals surface area contributed by atoms with Crippen LogP contribution in [-0.4, -0.2) is 73.1 Å². The molecule has 6 nitrogen and oxygen atoms in total. The van der Waals surface area contributed by atoms with Crippen molar-refractivity contribution in [2.24, 2.45) is 0 Å². The van der Waals surface area contributed by atoms with Crippen molar-refractivity contribution in [3.63, 3.8) is 0 Å². The number of hydrogen-bond donors (Lipinski definition) is 4. The number of aliphatic hydroxyl groups is 3. The lowest BCUT2D eigenvalue weighted by atomic mass is 10.2. The molecule has 0 saturated carbocycles. The van der Waals surface area contributed by atoms with Gasteiger partial charge in [0.25, 0.3) is 0 Å². The van der Waals surface area contributed by atoms with Crippen LogP contribution in [-0.2, 0) is 9.47 Å². The second kappa shape index (κ2) is 8.79. The molecule has 17 heavy (non-hydrogen) atoms. The first-order chi connectivity index (χ1) is 8.22. The first-order valence-corrected chi connectivity index (χ1v) is 6.09. The van der Waals surface area contributed by atoms with Crippen LogP contribution in [0.2, 0.25) is 0 Å². The Hall–Kier alpha value is -0.240. The molecule has 0 spiro atoms. The third-order valence-electron chi connectivity index (χ3n) is 2.61. The van der Waals surface area contributed by atoms with Crippen molar-refractivity contribution >= 4 is 0 Å². The molecule has 1 saturated heterocycles. The number of nitrogens with one attached hydrogen (secondary N) is 1. The molecule has 6 heteroatoms. The average Bonchev–Trinajstić information content (AvgIpc) is 2.82. The second-order valence-corrected chi connectivity index (χ2v) is 4.32. The Morgan fingerprint density at radius 1 is 1.29 bits per heavy atom. The summed E-state index contributed by atoms with van der Waals surface area (Å²) >= 11 is 0. The highest BCUT2D eigenvalue weighted by Crippen LogP contribution is 2.11.